The Morgan fingerprint density at radius 2 is 2.06 bits per heavy atom. The van der Waals surface area contributed by atoms with Crippen molar-refractivity contribution in [2.75, 3.05) is 11.5 Å². The van der Waals surface area contributed by atoms with Gasteiger partial charge in [0.25, 0.3) is 0 Å². The fourth-order valence-electron chi connectivity index (χ4n) is 2.47. The van der Waals surface area contributed by atoms with Crippen LogP contribution in [-0.4, -0.2) is 15.5 Å². The molecule has 2 rings (SSSR count). The van der Waals surface area contributed by atoms with Crippen LogP contribution in [0.4, 0.5) is 5.82 Å². The minimum atomic E-state index is 0.536. The van der Waals surface area contributed by atoms with Gasteiger partial charge in [-0.15, -0.1) is 11.8 Å². The number of thioether (sulfide) groups is 1. The Labute approximate surface area is 108 Å². The van der Waals surface area contributed by atoms with Gasteiger partial charge >= 0.3 is 0 Å². The molecule has 1 fully saturated rings. The van der Waals surface area contributed by atoms with Gasteiger partial charge in [-0.1, -0.05) is 32.6 Å². The van der Waals surface area contributed by atoms with Gasteiger partial charge in [-0.05, 0) is 25.0 Å². The first-order chi connectivity index (χ1) is 8.33. The molecule has 0 aromatic carbocycles. The molecule has 1 aromatic heterocycles. The Morgan fingerprint density at radius 1 is 1.35 bits per heavy atom. The van der Waals surface area contributed by atoms with Crippen molar-refractivity contribution in [3.05, 3.63) is 6.20 Å². The number of anilines is 1. The summed E-state index contributed by atoms with van der Waals surface area (Å²) in [4.78, 5) is 1.16. The van der Waals surface area contributed by atoms with Crippen molar-refractivity contribution in [3.63, 3.8) is 0 Å². The van der Waals surface area contributed by atoms with E-state index in [-0.39, 0.29) is 0 Å². The zero-order chi connectivity index (χ0) is 12.1. The maximum absolute atomic E-state index is 6.21. The lowest BCUT2D eigenvalue weighted by molar-refractivity contribution is 0.410. The molecule has 1 aliphatic rings. The normalized spacial score (nSPS) is 18.2. The van der Waals surface area contributed by atoms with Crippen LogP contribution in [0.25, 0.3) is 0 Å². The standard InChI is InChI=1S/C13H23N3S/c1-2-9-17-12-10-15-16(13(12)14)11-7-5-3-4-6-8-11/h10-11H,2-9,14H2,1H3. The molecular formula is C13H23N3S. The van der Waals surface area contributed by atoms with Gasteiger partial charge in [0.15, 0.2) is 0 Å². The van der Waals surface area contributed by atoms with Crippen LogP contribution in [0.15, 0.2) is 11.1 Å². The molecule has 0 aliphatic heterocycles. The molecule has 0 bridgehead atoms. The second kappa shape index (κ2) is 6.34. The Balaban J connectivity index is 2.06. The third kappa shape index (κ3) is 3.18. The molecule has 17 heavy (non-hydrogen) atoms. The smallest absolute Gasteiger partial charge is 0.135 e. The Morgan fingerprint density at radius 3 is 2.71 bits per heavy atom. The predicted octanol–water partition coefficient (Wildman–Crippen LogP) is 3.86. The van der Waals surface area contributed by atoms with Crippen molar-refractivity contribution in [1.82, 2.24) is 9.78 Å². The fraction of sp³-hybridized carbons (Fsp3) is 0.769. The molecule has 4 heteroatoms. The van der Waals surface area contributed by atoms with Crippen LogP contribution in [0.1, 0.15) is 57.9 Å². The molecule has 0 saturated heterocycles. The summed E-state index contributed by atoms with van der Waals surface area (Å²) >= 11 is 1.83. The van der Waals surface area contributed by atoms with Crippen molar-refractivity contribution in [2.45, 2.75) is 62.8 Å². The molecule has 0 amide bonds. The Hall–Kier alpha value is -0.640. The topological polar surface area (TPSA) is 43.8 Å². The van der Waals surface area contributed by atoms with E-state index in [1.165, 1.54) is 44.9 Å². The minimum absolute atomic E-state index is 0.536. The van der Waals surface area contributed by atoms with E-state index in [2.05, 4.69) is 16.7 Å². The number of hydrogen-bond acceptors (Lipinski definition) is 3. The summed E-state index contributed by atoms with van der Waals surface area (Å²) in [5, 5.41) is 4.50. The highest BCUT2D eigenvalue weighted by Gasteiger charge is 2.18. The Bertz CT molecular complexity index is 340. The van der Waals surface area contributed by atoms with Crippen molar-refractivity contribution >= 4 is 17.6 Å². The van der Waals surface area contributed by atoms with Crippen LogP contribution < -0.4 is 5.73 Å². The van der Waals surface area contributed by atoms with Crippen LogP contribution in [0.2, 0.25) is 0 Å². The first-order valence-electron chi connectivity index (χ1n) is 6.78. The molecule has 96 valence electrons. The summed E-state index contributed by atoms with van der Waals surface area (Å²) in [6.07, 6.45) is 11.0. The highest BCUT2D eigenvalue weighted by atomic mass is 32.2. The first-order valence-corrected chi connectivity index (χ1v) is 7.77. The molecule has 1 saturated carbocycles. The van der Waals surface area contributed by atoms with E-state index in [4.69, 9.17) is 5.73 Å². The van der Waals surface area contributed by atoms with Crippen LogP contribution in [0.5, 0.6) is 0 Å². The van der Waals surface area contributed by atoms with E-state index in [1.807, 2.05) is 18.0 Å². The predicted molar refractivity (Wildman–Crippen MR) is 74.4 cm³/mol. The van der Waals surface area contributed by atoms with Gasteiger partial charge in [0.2, 0.25) is 0 Å². The number of aromatic nitrogens is 2. The molecule has 0 spiro atoms. The SMILES string of the molecule is CCCSc1cnn(C2CCCCCC2)c1N. The van der Waals surface area contributed by atoms with E-state index in [1.54, 1.807) is 0 Å². The summed E-state index contributed by atoms with van der Waals surface area (Å²) in [7, 11) is 0. The molecule has 2 N–H and O–H groups in total. The first kappa shape index (κ1) is 12.8. The van der Waals surface area contributed by atoms with Crippen LogP contribution in [0, 0.1) is 0 Å². The van der Waals surface area contributed by atoms with Crippen LogP contribution >= 0.6 is 11.8 Å². The largest absolute Gasteiger partial charge is 0.383 e. The van der Waals surface area contributed by atoms with Gasteiger partial charge in [-0.25, -0.2) is 4.68 Å². The van der Waals surface area contributed by atoms with E-state index in [0.717, 1.165) is 16.5 Å². The lowest BCUT2D eigenvalue weighted by Gasteiger charge is -2.16. The molecule has 1 heterocycles. The highest BCUT2D eigenvalue weighted by molar-refractivity contribution is 7.99. The average molecular weight is 253 g/mol. The van der Waals surface area contributed by atoms with Gasteiger partial charge in [0.05, 0.1) is 17.1 Å². The quantitative estimate of drug-likeness (QED) is 0.654. The lowest BCUT2D eigenvalue weighted by atomic mass is 10.1. The summed E-state index contributed by atoms with van der Waals surface area (Å²) in [5.41, 5.74) is 6.21. The molecule has 0 radical (unpaired) electrons. The minimum Gasteiger partial charge on any atom is -0.383 e. The maximum Gasteiger partial charge on any atom is 0.135 e. The second-order valence-corrected chi connectivity index (χ2v) is 5.97. The van der Waals surface area contributed by atoms with Gasteiger partial charge in [-0.2, -0.15) is 5.10 Å². The van der Waals surface area contributed by atoms with E-state index < -0.39 is 0 Å². The van der Waals surface area contributed by atoms with Gasteiger partial charge in [0.1, 0.15) is 5.82 Å². The third-order valence-corrected chi connectivity index (χ3v) is 4.67. The van der Waals surface area contributed by atoms with Crippen LogP contribution in [-0.2, 0) is 0 Å². The average Bonchev–Trinajstić information content (AvgIpc) is 2.58. The molecule has 1 aromatic rings. The molecule has 0 atom stereocenters. The monoisotopic (exact) mass is 253 g/mol. The van der Waals surface area contributed by atoms with E-state index >= 15 is 0 Å². The van der Waals surface area contributed by atoms with Gasteiger partial charge in [0, 0.05) is 0 Å². The zero-order valence-electron chi connectivity index (χ0n) is 10.7. The molecule has 1 aliphatic carbocycles. The van der Waals surface area contributed by atoms with E-state index in [0.29, 0.717) is 6.04 Å². The Kier molecular flexibility index (Phi) is 4.77. The number of nitrogen functional groups attached to an aromatic ring is 1. The maximum atomic E-state index is 6.21. The summed E-state index contributed by atoms with van der Waals surface area (Å²) in [6.45, 7) is 2.19. The van der Waals surface area contributed by atoms with Gasteiger partial charge in [-0.3, -0.25) is 0 Å². The third-order valence-electron chi connectivity index (χ3n) is 3.43. The van der Waals surface area contributed by atoms with Gasteiger partial charge < -0.3 is 5.73 Å². The molecular weight excluding hydrogens is 230 g/mol. The molecule has 3 nitrogen and oxygen atoms in total. The number of hydrogen-bond donors (Lipinski definition) is 1. The van der Waals surface area contributed by atoms with Crippen molar-refractivity contribution in [3.8, 4) is 0 Å². The van der Waals surface area contributed by atoms with Crippen molar-refractivity contribution < 1.29 is 0 Å². The number of nitrogens with zero attached hydrogens (tertiary/aromatic N) is 2. The molecule has 0 unspecified atom stereocenters. The fourth-order valence-corrected chi connectivity index (χ4v) is 3.26. The van der Waals surface area contributed by atoms with Crippen molar-refractivity contribution in [2.24, 2.45) is 0 Å². The second-order valence-electron chi connectivity index (χ2n) is 4.83. The summed E-state index contributed by atoms with van der Waals surface area (Å²) in [6, 6.07) is 0.536. The summed E-state index contributed by atoms with van der Waals surface area (Å²) < 4.78 is 2.07. The van der Waals surface area contributed by atoms with E-state index in [9.17, 15) is 0 Å². The lowest BCUT2D eigenvalue weighted by Crippen LogP contribution is -2.12. The van der Waals surface area contributed by atoms with Crippen LogP contribution in [0.3, 0.4) is 0 Å². The highest BCUT2D eigenvalue weighted by Crippen LogP contribution is 2.32. The number of nitrogens with two attached hydrogens (primary N) is 1. The zero-order valence-corrected chi connectivity index (χ0v) is 11.5. The van der Waals surface area contributed by atoms with Crippen molar-refractivity contribution in [1.29, 1.82) is 0 Å². The summed E-state index contributed by atoms with van der Waals surface area (Å²) in [5.74, 6) is 2.01. The number of rotatable bonds is 4.